The number of nitrogens with one attached hydrogen (secondary N) is 2. The van der Waals surface area contributed by atoms with Gasteiger partial charge < -0.3 is 10.6 Å². The first-order valence-corrected chi connectivity index (χ1v) is 8.65. The van der Waals surface area contributed by atoms with E-state index in [1.807, 2.05) is 18.8 Å². The van der Waals surface area contributed by atoms with E-state index < -0.39 is 0 Å². The van der Waals surface area contributed by atoms with Crippen molar-refractivity contribution in [3.05, 3.63) is 35.9 Å². The molecule has 1 aliphatic carbocycles. The molecule has 2 N–H and O–H groups in total. The van der Waals surface area contributed by atoms with E-state index in [1.165, 1.54) is 36.3 Å². The van der Waals surface area contributed by atoms with Gasteiger partial charge in [-0.3, -0.25) is 4.99 Å². The molecule has 1 aromatic carbocycles. The highest BCUT2D eigenvalue weighted by Crippen LogP contribution is 2.40. The van der Waals surface area contributed by atoms with Gasteiger partial charge in [-0.15, -0.1) is 24.0 Å². The van der Waals surface area contributed by atoms with Gasteiger partial charge in [0.2, 0.25) is 0 Å². The number of nitrogens with zero attached hydrogens (tertiary/aromatic N) is 1. The van der Waals surface area contributed by atoms with Gasteiger partial charge in [0.1, 0.15) is 0 Å². The minimum absolute atomic E-state index is 0. The maximum absolute atomic E-state index is 4.38. The molecule has 1 heterocycles. The maximum Gasteiger partial charge on any atom is 0.191 e. The van der Waals surface area contributed by atoms with Crippen LogP contribution in [0.2, 0.25) is 0 Å². The van der Waals surface area contributed by atoms with Crippen LogP contribution < -0.4 is 10.6 Å². The summed E-state index contributed by atoms with van der Waals surface area (Å²) < 4.78 is 0. The van der Waals surface area contributed by atoms with Crippen LogP contribution in [0.15, 0.2) is 35.3 Å². The van der Waals surface area contributed by atoms with Crippen LogP contribution in [-0.4, -0.2) is 36.6 Å². The van der Waals surface area contributed by atoms with Crippen molar-refractivity contribution in [3.8, 4) is 0 Å². The van der Waals surface area contributed by atoms with Crippen LogP contribution in [0.25, 0.3) is 0 Å². The van der Waals surface area contributed by atoms with Crippen LogP contribution in [0.4, 0.5) is 0 Å². The highest BCUT2D eigenvalue weighted by molar-refractivity contribution is 14.0. The third kappa shape index (κ3) is 4.77. The smallest absolute Gasteiger partial charge is 0.191 e. The number of halogens is 1. The molecule has 1 saturated carbocycles. The molecule has 0 radical (unpaired) electrons. The number of aliphatic imine (C=N–C) groups is 1. The zero-order valence-electron chi connectivity index (χ0n) is 12.4. The first-order chi connectivity index (χ1) is 9.86. The summed E-state index contributed by atoms with van der Waals surface area (Å²) in [6.07, 6.45) is 3.79. The number of rotatable bonds is 3. The predicted molar refractivity (Wildman–Crippen MR) is 103 cm³/mol. The van der Waals surface area contributed by atoms with Crippen LogP contribution in [0.5, 0.6) is 0 Å². The third-order valence-electron chi connectivity index (χ3n) is 4.07. The quantitative estimate of drug-likeness (QED) is 0.451. The lowest BCUT2D eigenvalue weighted by Crippen LogP contribution is -2.46. The lowest BCUT2D eigenvalue weighted by Gasteiger charge is -2.24. The molecule has 3 nitrogen and oxygen atoms in total. The predicted octanol–water partition coefficient (Wildman–Crippen LogP) is 3.22. The van der Waals surface area contributed by atoms with Crippen molar-refractivity contribution in [2.75, 3.05) is 18.6 Å². The molecule has 3 atom stereocenters. The Balaban J connectivity index is 0.00000161. The Bertz CT molecular complexity index is 460. The Morgan fingerprint density at radius 2 is 2.05 bits per heavy atom. The highest BCUT2D eigenvalue weighted by Gasteiger charge is 2.39. The molecule has 0 spiro atoms. The highest BCUT2D eigenvalue weighted by atomic mass is 127. The summed E-state index contributed by atoms with van der Waals surface area (Å²) in [5.74, 6) is 4.13. The molecule has 0 aromatic heterocycles. The van der Waals surface area contributed by atoms with E-state index >= 15 is 0 Å². The largest absolute Gasteiger partial charge is 0.353 e. The summed E-state index contributed by atoms with van der Waals surface area (Å²) in [5, 5.41) is 7.13. The van der Waals surface area contributed by atoms with Crippen LogP contribution >= 0.6 is 35.7 Å². The zero-order valence-corrected chi connectivity index (χ0v) is 15.6. The lowest BCUT2D eigenvalue weighted by atomic mass is 10.1. The standard InChI is InChI=1S/C16H23N3S.HI/c1-17-16(18-13-8-5-9-20-11-13)19-15-10-14(15)12-6-3-2-4-7-12;/h2-4,6-7,13-15H,5,8-11H2,1H3,(H2,17,18,19);1H. The number of thioether (sulfide) groups is 1. The topological polar surface area (TPSA) is 36.4 Å². The van der Waals surface area contributed by atoms with Crippen LogP contribution in [-0.2, 0) is 0 Å². The van der Waals surface area contributed by atoms with Crippen molar-refractivity contribution in [2.24, 2.45) is 4.99 Å². The number of hydrogen-bond donors (Lipinski definition) is 2. The van der Waals surface area contributed by atoms with Gasteiger partial charge in [-0.2, -0.15) is 11.8 Å². The summed E-state index contributed by atoms with van der Waals surface area (Å²) in [6.45, 7) is 0. The van der Waals surface area contributed by atoms with Gasteiger partial charge in [0.05, 0.1) is 0 Å². The molecule has 1 aliphatic heterocycles. The minimum Gasteiger partial charge on any atom is -0.353 e. The van der Waals surface area contributed by atoms with Crippen molar-refractivity contribution in [2.45, 2.75) is 37.3 Å². The lowest BCUT2D eigenvalue weighted by molar-refractivity contribution is 0.581. The van der Waals surface area contributed by atoms with Crippen molar-refractivity contribution in [1.29, 1.82) is 0 Å². The van der Waals surface area contributed by atoms with E-state index in [1.54, 1.807) is 0 Å². The molecule has 21 heavy (non-hydrogen) atoms. The minimum atomic E-state index is 0. The van der Waals surface area contributed by atoms with Crippen LogP contribution in [0.3, 0.4) is 0 Å². The monoisotopic (exact) mass is 417 g/mol. The molecular formula is C16H24IN3S. The van der Waals surface area contributed by atoms with Gasteiger partial charge in [-0.25, -0.2) is 0 Å². The molecule has 2 fully saturated rings. The Hall–Kier alpha value is -0.430. The van der Waals surface area contributed by atoms with Crippen molar-refractivity contribution in [1.82, 2.24) is 10.6 Å². The Morgan fingerprint density at radius 1 is 1.24 bits per heavy atom. The zero-order chi connectivity index (χ0) is 13.8. The second kappa shape index (κ2) is 8.27. The van der Waals surface area contributed by atoms with Crippen molar-refractivity contribution in [3.63, 3.8) is 0 Å². The molecule has 3 unspecified atom stereocenters. The Labute approximate surface area is 148 Å². The van der Waals surface area contributed by atoms with Gasteiger partial charge in [0.25, 0.3) is 0 Å². The normalized spacial score (nSPS) is 28.4. The molecule has 1 aromatic rings. The molecule has 0 amide bonds. The van der Waals surface area contributed by atoms with Crippen LogP contribution in [0, 0.1) is 0 Å². The first kappa shape index (κ1) is 16.9. The molecule has 2 aliphatic rings. The van der Waals surface area contributed by atoms with E-state index in [9.17, 15) is 0 Å². The average Bonchev–Trinajstić information content (AvgIpc) is 3.28. The molecule has 116 valence electrons. The van der Waals surface area contributed by atoms with Crippen molar-refractivity contribution >= 4 is 41.7 Å². The SMILES string of the molecule is CN=C(NC1CCCSC1)NC1CC1c1ccccc1.I. The van der Waals surface area contributed by atoms with E-state index in [2.05, 4.69) is 46.0 Å². The molecule has 3 rings (SSSR count). The third-order valence-corrected chi connectivity index (χ3v) is 5.28. The molecule has 0 bridgehead atoms. The summed E-state index contributed by atoms with van der Waals surface area (Å²) >= 11 is 2.04. The average molecular weight is 417 g/mol. The van der Waals surface area contributed by atoms with E-state index in [-0.39, 0.29) is 24.0 Å². The fraction of sp³-hybridized carbons (Fsp3) is 0.562. The number of hydrogen-bond acceptors (Lipinski definition) is 2. The maximum atomic E-state index is 4.38. The fourth-order valence-electron chi connectivity index (χ4n) is 2.82. The van der Waals surface area contributed by atoms with Gasteiger partial charge >= 0.3 is 0 Å². The summed E-state index contributed by atoms with van der Waals surface area (Å²) in [5.41, 5.74) is 1.44. The van der Waals surface area contributed by atoms with Gasteiger partial charge in [-0.05, 0) is 30.6 Å². The van der Waals surface area contributed by atoms with Gasteiger partial charge in [0, 0.05) is 30.8 Å². The van der Waals surface area contributed by atoms with Crippen LogP contribution in [0.1, 0.15) is 30.7 Å². The van der Waals surface area contributed by atoms with Gasteiger partial charge in [0.15, 0.2) is 5.96 Å². The molecular weight excluding hydrogens is 393 g/mol. The van der Waals surface area contributed by atoms with E-state index in [0.29, 0.717) is 18.0 Å². The van der Waals surface area contributed by atoms with Gasteiger partial charge in [-0.1, -0.05) is 30.3 Å². The summed E-state index contributed by atoms with van der Waals surface area (Å²) in [6, 6.07) is 11.9. The molecule has 5 heteroatoms. The van der Waals surface area contributed by atoms with E-state index in [4.69, 9.17) is 0 Å². The molecule has 1 saturated heterocycles. The summed E-state index contributed by atoms with van der Waals surface area (Å²) in [7, 11) is 1.87. The Kier molecular flexibility index (Phi) is 6.67. The van der Waals surface area contributed by atoms with E-state index in [0.717, 1.165) is 5.96 Å². The first-order valence-electron chi connectivity index (χ1n) is 7.49. The number of benzene rings is 1. The fourth-order valence-corrected chi connectivity index (χ4v) is 3.89. The summed E-state index contributed by atoms with van der Waals surface area (Å²) in [4.78, 5) is 4.38. The second-order valence-corrected chi connectivity index (χ2v) is 6.78. The number of guanidine groups is 1. The second-order valence-electron chi connectivity index (χ2n) is 5.63. The van der Waals surface area contributed by atoms with Crippen molar-refractivity contribution < 1.29 is 0 Å². The Morgan fingerprint density at radius 3 is 2.71 bits per heavy atom.